The fourth-order valence-electron chi connectivity index (χ4n) is 6.32. The number of carbonyl (C=O) groups is 2. The molecule has 0 radical (unpaired) electrons. The van der Waals surface area contributed by atoms with Crippen molar-refractivity contribution in [1.82, 2.24) is 35.2 Å². The second-order valence-corrected chi connectivity index (χ2v) is 14.0. The van der Waals surface area contributed by atoms with Crippen LogP contribution in [0.15, 0.2) is 71.8 Å². The molecule has 6 rings (SSSR count). The van der Waals surface area contributed by atoms with Gasteiger partial charge in [0.15, 0.2) is 0 Å². The fraction of sp³-hybridized carbons (Fsp3) is 0.308. The largest absolute Gasteiger partial charge is 0.481 e. The molecule has 1 aliphatic rings. The number of halogens is 3. The standard InChI is InChI=1S/C39H40Cl2FN7O5/c1-48(2)35(52)15-25(50)20-43-17-23-18-45-33-14-22(12-13-49(33)39(23)53)26-6-4-7-27(36(26)40)28-8-5-9-29(37(28)41)32-16-31(42)30(38(47-32)54-3)21-44-19-24-10-11-34(51)46-24/h4-9,12-14,16,18,24-25,43-44,50H,10-11,15,17,19-21H2,1-3H3,(H,46,51)/t24-,25?/m0/s1. The lowest BCUT2D eigenvalue weighted by molar-refractivity contribution is -0.130. The number of nitrogens with zero attached hydrogens (tertiary/aromatic N) is 4. The molecule has 4 N–H and O–H groups in total. The van der Waals surface area contributed by atoms with E-state index >= 15 is 4.39 Å². The Balaban J connectivity index is 1.22. The predicted molar refractivity (Wildman–Crippen MR) is 206 cm³/mol. The summed E-state index contributed by atoms with van der Waals surface area (Å²) in [5.41, 5.74) is 4.20. The number of carbonyl (C=O) groups excluding carboxylic acids is 2. The van der Waals surface area contributed by atoms with Gasteiger partial charge in [-0.25, -0.2) is 14.4 Å². The maximum Gasteiger partial charge on any atom is 0.262 e. The molecule has 12 nitrogen and oxygen atoms in total. The highest BCUT2D eigenvalue weighted by Crippen LogP contribution is 2.42. The Labute approximate surface area is 321 Å². The number of aliphatic hydroxyl groups excluding tert-OH is 1. The van der Waals surface area contributed by atoms with Gasteiger partial charge in [-0.1, -0.05) is 59.6 Å². The molecule has 5 aromatic rings. The van der Waals surface area contributed by atoms with Crippen LogP contribution >= 0.6 is 23.2 Å². The maximum atomic E-state index is 15.6. The number of hydrogen-bond donors (Lipinski definition) is 4. The Hall–Kier alpha value is -4.92. The Morgan fingerprint density at radius 3 is 2.44 bits per heavy atom. The van der Waals surface area contributed by atoms with Crippen molar-refractivity contribution < 1.29 is 23.8 Å². The monoisotopic (exact) mass is 775 g/mol. The van der Waals surface area contributed by atoms with Gasteiger partial charge in [-0.05, 0) is 24.1 Å². The van der Waals surface area contributed by atoms with Crippen molar-refractivity contribution in [2.45, 2.75) is 44.5 Å². The van der Waals surface area contributed by atoms with E-state index in [4.69, 9.17) is 27.9 Å². The van der Waals surface area contributed by atoms with E-state index in [1.54, 1.807) is 44.6 Å². The average Bonchev–Trinajstić information content (AvgIpc) is 3.57. The Kier molecular flexibility index (Phi) is 12.2. The molecule has 0 aliphatic carbocycles. The zero-order valence-electron chi connectivity index (χ0n) is 30.0. The van der Waals surface area contributed by atoms with Crippen molar-refractivity contribution in [1.29, 1.82) is 0 Å². The predicted octanol–water partition coefficient (Wildman–Crippen LogP) is 4.84. The first-order valence-electron chi connectivity index (χ1n) is 17.4. The molecule has 1 unspecified atom stereocenters. The van der Waals surface area contributed by atoms with Crippen LogP contribution in [0.2, 0.25) is 10.0 Å². The van der Waals surface area contributed by atoms with Gasteiger partial charge in [-0.2, -0.15) is 0 Å². The third kappa shape index (κ3) is 8.56. The molecule has 15 heteroatoms. The van der Waals surface area contributed by atoms with Crippen LogP contribution in [0, 0.1) is 5.82 Å². The number of pyridine rings is 2. The summed E-state index contributed by atoms with van der Waals surface area (Å²) in [7, 11) is 4.67. The average molecular weight is 777 g/mol. The Morgan fingerprint density at radius 2 is 1.76 bits per heavy atom. The van der Waals surface area contributed by atoms with E-state index in [0.717, 1.165) is 6.42 Å². The van der Waals surface area contributed by atoms with Gasteiger partial charge < -0.3 is 30.7 Å². The summed E-state index contributed by atoms with van der Waals surface area (Å²) in [6.07, 6.45) is 3.41. The van der Waals surface area contributed by atoms with Gasteiger partial charge in [0.1, 0.15) is 11.5 Å². The number of methoxy groups -OCH3 is 1. The zero-order chi connectivity index (χ0) is 38.5. The molecule has 1 fully saturated rings. The molecule has 282 valence electrons. The highest BCUT2D eigenvalue weighted by atomic mass is 35.5. The van der Waals surface area contributed by atoms with Crippen LogP contribution in [0.25, 0.3) is 39.2 Å². The third-order valence-electron chi connectivity index (χ3n) is 9.26. The van der Waals surface area contributed by atoms with E-state index < -0.39 is 11.9 Å². The van der Waals surface area contributed by atoms with E-state index in [0.29, 0.717) is 62.0 Å². The summed E-state index contributed by atoms with van der Waals surface area (Å²) >= 11 is 14.1. The molecule has 54 heavy (non-hydrogen) atoms. The molecule has 0 bridgehead atoms. The van der Waals surface area contributed by atoms with Crippen LogP contribution in [-0.4, -0.2) is 82.6 Å². The van der Waals surface area contributed by atoms with Gasteiger partial charge in [0, 0.05) is 99.0 Å². The molecule has 1 aliphatic heterocycles. The van der Waals surface area contributed by atoms with Gasteiger partial charge in [0.05, 0.1) is 40.9 Å². The van der Waals surface area contributed by atoms with Crippen molar-refractivity contribution in [2.24, 2.45) is 0 Å². The Bertz CT molecular complexity index is 2270. The second kappa shape index (κ2) is 17.0. The van der Waals surface area contributed by atoms with Crippen molar-refractivity contribution in [3.63, 3.8) is 0 Å². The number of nitrogens with one attached hydrogen (secondary N) is 3. The number of aliphatic hydroxyl groups is 1. The van der Waals surface area contributed by atoms with Crippen molar-refractivity contribution in [3.05, 3.63) is 104 Å². The molecular weight excluding hydrogens is 736 g/mol. The number of aromatic nitrogens is 3. The molecule has 0 spiro atoms. The summed E-state index contributed by atoms with van der Waals surface area (Å²) < 4.78 is 22.5. The first-order chi connectivity index (χ1) is 25.9. The second-order valence-electron chi connectivity index (χ2n) is 13.3. The quantitative estimate of drug-likeness (QED) is 0.124. The topological polar surface area (TPSA) is 150 Å². The smallest absolute Gasteiger partial charge is 0.262 e. The Morgan fingerprint density at radius 1 is 1.06 bits per heavy atom. The lowest BCUT2D eigenvalue weighted by Crippen LogP contribution is -2.35. The lowest BCUT2D eigenvalue weighted by Gasteiger charge is -2.16. The number of ether oxygens (including phenoxy) is 1. The van der Waals surface area contributed by atoms with Crippen LogP contribution in [0.4, 0.5) is 4.39 Å². The van der Waals surface area contributed by atoms with Crippen LogP contribution in [0.3, 0.4) is 0 Å². The summed E-state index contributed by atoms with van der Waals surface area (Å²) in [5.74, 6) is -0.571. The highest BCUT2D eigenvalue weighted by Gasteiger charge is 2.22. The first kappa shape index (κ1) is 38.8. The molecule has 3 aromatic heterocycles. The van der Waals surface area contributed by atoms with E-state index in [2.05, 4.69) is 25.9 Å². The first-order valence-corrected chi connectivity index (χ1v) is 18.1. The summed E-state index contributed by atoms with van der Waals surface area (Å²) in [5, 5.41) is 20.0. The fourth-order valence-corrected chi connectivity index (χ4v) is 6.98. The van der Waals surface area contributed by atoms with Crippen LogP contribution in [-0.2, 0) is 22.7 Å². The van der Waals surface area contributed by atoms with Gasteiger partial charge in [-0.15, -0.1) is 0 Å². The van der Waals surface area contributed by atoms with Gasteiger partial charge in [0.25, 0.3) is 5.56 Å². The maximum absolute atomic E-state index is 15.6. The zero-order valence-corrected chi connectivity index (χ0v) is 31.5. The summed E-state index contributed by atoms with van der Waals surface area (Å²) in [6, 6.07) is 15.7. The molecule has 2 aromatic carbocycles. The highest BCUT2D eigenvalue weighted by molar-refractivity contribution is 6.39. The number of rotatable bonds is 14. The summed E-state index contributed by atoms with van der Waals surface area (Å²) in [6.45, 7) is 0.954. The van der Waals surface area contributed by atoms with Crippen molar-refractivity contribution >= 4 is 40.7 Å². The van der Waals surface area contributed by atoms with Crippen LogP contribution in [0.1, 0.15) is 30.4 Å². The lowest BCUT2D eigenvalue weighted by atomic mass is 9.97. The SMILES string of the molecule is COc1nc(-c2cccc(-c3cccc(-c4ccn5c(=O)c(CNCC(O)CC(=O)N(C)C)cnc5c4)c3Cl)c2Cl)cc(F)c1CNC[C@@H]1CCC(=O)N1. The van der Waals surface area contributed by atoms with Crippen molar-refractivity contribution in [2.75, 3.05) is 34.3 Å². The molecular formula is C39H40Cl2FN7O5. The minimum atomic E-state index is -0.890. The number of hydrogen-bond acceptors (Lipinski definition) is 9. The van der Waals surface area contributed by atoms with Gasteiger partial charge in [-0.3, -0.25) is 18.8 Å². The van der Waals surface area contributed by atoms with E-state index in [9.17, 15) is 19.5 Å². The van der Waals surface area contributed by atoms with Crippen molar-refractivity contribution in [3.8, 4) is 39.4 Å². The number of benzene rings is 2. The molecule has 1 saturated heterocycles. The minimum absolute atomic E-state index is 0.00408. The van der Waals surface area contributed by atoms with E-state index in [-0.39, 0.29) is 66.6 Å². The van der Waals surface area contributed by atoms with Gasteiger partial charge in [0.2, 0.25) is 17.7 Å². The van der Waals surface area contributed by atoms with Crippen LogP contribution in [0.5, 0.6) is 5.88 Å². The van der Waals surface area contributed by atoms with Crippen LogP contribution < -0.4 is 26.2 Å². The molecule has 0 saturated carbocycles. The minimum Gasteiger partial charge on any atom is -0.481 e. The normalized spacial score (nSPS) is 14.6. The molecule has 2 atom stereocenters. The third-order valence-corrected chi connectivity index (χ3v) is 10.1. The number of fused-ring (bicyclic) bond motifs is 1. The summed E-state index contributed by atoms with van der Waals surface area (Å²) in [4.78, 5) is 47.1. The number of amides is 2. The molecule has 4 heterocycles. The molecule has 2 amide bonds. The van der Waals surface area contributed by atoms with E-state index in [1.165, 1.54) is 28.7 Å². The van der Waals surface area contributed by atoms with Gasteiger partial charge >= 0.3 is 0 Å². The van der Waals surface area contributed by atoms with E-state index in [1.807, 2.05) is 24.3 Å².